The summed E-state index contributed by atoms with van der Waals surface area (Å²) < 4.78 is 23.9. The van der Waals surface area contributed by atoms with Gasteiger partial charge in [0.05, 0.1) is 16.9 Å². The van der Waals surface area contributed by atoms with E-state index in [1.54, 1.807) is 13.8 Å². The van der Waals surface area contributed by atoms with Gasteiger partial charge in [0.2, 0.25) is 0 Å². The molecule has 1 atom stereocenters. The molecule has 0 saturated carbocycles. The third-order valence-electron chi connectivity index (χ3n) is 3.95. The first-order valence-electron chi connectivity index (χ1n) is 7.08. The predicted octanol–water partition coefficient (Wildman–Crippen LogP) is 1.57. The Hall–Kier alpha value is -1.56. The summed E-state index contributed by atoms with van der Waals surface area (Å²) in [6.45, 7) is 4.03. The molecule has 6 heteroatoms. The van der Waals surface area contributed by atoms with Crippen molar-refractivity contribution in [3.63, 3.8) is 0 Å². The van der Waals surface area contributed by atoms with Crippen LogP contribution in [0.3, 0.4) is 0 Å². The second kappa shape index (κ2) is 6.05. The first-order valence-corrected chi connectivity index (χ1v) is 8.80. The average molecular weight is 311 g/mol. The fraction of sp³-hybridized carbons (Fsp3) is 0.533. The minimum Gasteiger partial charge on any atom is -0.481 e. The van der Waals surface area contributed by atoms with E-state index in [-0.39, 0.29) is 5.75 Å². The minimum atomic E-state index is -3.13. The van der Waals surface area contributed by atoms with Crippen LogP contribution >= 0.6 is 0 Å². The average Bonchev–Trinajstić information content (AvgIpc) is 2.44. The number of aliphatic carboxylic acids is 1. The molecule has 1 heterocycles. The Morgan fingerprint density at radius 1 is 1.38 bits per heavy atom. The van der Waals surface area contributed by atoms with Gasteiger partial charge in [-0.15, -0.1) is 0 Å². The molecule has 0 radical (unpaired) electrons. The van der Waals surface area contributed by atoms with Gasteiger partial charge in [-0.1, -0.05) is 18.2 Å². The van der Waals surface area contributed by atoms with Gasteiger partial charge in [-0.3, -0.25) is 4.79 Å². The van der Waals surface area contributed by atoms with Gasteiger partial charge in [-0.2, -0.15) is 0 Å². The minimum absolute atomic E-state index is 0.0470. The maximum Gasteiger partial charge on any atom is 0.308 e. The molecule has 5 nitrogen and oxygen atoms in total. The first kappa shape index (κ1) is 15.8. The van der Waals surface area contributed by atoms with Crippen molar-refractivity contribution in [1.82, 2.24) is 0 Å². The van der Waals surface area contributed by atoms with E-state index in [0.29, 0.717) is 19.5 Å². The number of para-hydroxylation sites is 1. The number of anilines is 1. The highest BCUT2D eigenvalue weighted by Gasteiger charge is 2.29. The Bertz CT molecular complexity index is 624. The zero-order valence-electron chi connectivity index (χ0n) is 12.3. The van der Waals surface area contributed by atoms with Crippen molar-refractivity contribution < 1.29 is 18.3 Å². The molecule has 1 aromatic rings. The number of carboxylic acid groups (broad SMARTS) is 1. The van der Waals surface area contributed by atoms with Crippen LogP contribution < -0.4 is 4.90 Å². The lowest BCUT2D eigenvalue weighted by Crippen LogP contribution is -2.41. The van der Waals surface area contributed by atoms with Crippen molar-refractivity contribution in [2.45, 2.75) is 25.5 Å². The van der Waals surface area contributed by atoms with E-state index in [4.69, 9.17) is 0 Å². The van der Waals surface area contributed by atoms with Crippen LogP contribution in [0.5, 0.6) is 0 Å². The van der Waals surface area contributed by atoms with Crippen LogP contribution in [-0.4, -0.2) is 43.6 Å². The molecule has 1 N–H and O–H groups in total. The Kier molecular flexibility index (Phi) is 4.56. The van der Waals surface area contributed by atoms with Gasteiger partial charge in [0, 0.05) is 18.8 Å². The van der Waals surface area contributed by atoms with Crippen molar-refractivity contribution in [1.29, 1.82) is 0 Å². The monoisotopic (exact) mass is 311 g/mol. The summed E-state index contributed by atoms with van der Waals surface area (Å²) in [5, 5.41) is 8.84. The highest BCUT2D eigenvalue weighted by molar-refractivity contribution is 7.92. The number of carboxylic acids is 1. The summed E-state index contributed by atoms with van der Waals surface area (Å²) in [7, 11) is -3.13. The summed E-state index contributed by atoms with van der Waals surface area (Å²) in [6, 6.07) is 7.61. The van der Waals surface area contributed by atoms with E-state index in [2.05, 4.69) is 0 Å². The van der Waals surface area contributed by atoms with E-state index in [9.17, 15) is 18.3 Å². The molecular weight excluding hydrogens is 290 g/mol. The Balaban J connectivity index is 2.20. The van der Waals surface area contributed by atoms with Crippen molar-refractivity contribution >= 4 is 21.5 Å². The third kappa shape index (κ3) is 3.56. The number of benzene rings is 1. The highest BCUT2D eigenvalue weighted by Crippen LogP contribution is 2.29. The van der Waals surface area contributed by atoms with Gasteiger partial charge in [-0.25, -0.2) is 8.42 Å². The fourth-order valence-corrected chi connectivity index (χ4v) is 3.48. The molecule has 1 aromatic carbocycles. The van der Waals surface area contributed by atoms with Gasteiger partial charge in [-0.05, 0) is 31.9 Å². The van der Waals surface area contributed by atoms with Gasteiger partial charge >= 0.3 is 5.97 Å². The highest BCUT2D eigenvalue weighted by atomic mass is 32.2. The Morgan fingerprint density at radius 3 is 2.67 bits per heavy atom. The van der Waals surface area contributed by atoms with Crippen LogP contribution in [0.1, 0.15) is 19.4 Å². The van der Waals surface area contributed by atoms with Crippen LogP contribution in [0.15, 0.2) is 24.3 Å². The number of nitrogens with zero attached hydrogens (tertiary/aromatic N) is 1. The Morgan fingerprint density at radius 2 is 2.05 bits per heavy atom. The lowest BCUT2D eigenvalue weighted by Gasteiger charge is -2.34. The van der Waals surface area contributed by atoms with Crippen LogP contribution in [0.4, 0.5) is 5.69 Å². The fourth-order valence-electron chi connectivity index (χ4n) is 2.54. The molecule has 0 amide bonds. The molecule has 116 valence electrons. The number of carbonyl (C=O) groups is 1. The van der Waals surface area contributed by atoms with Gasteiger partial charge in [0.25, 0.3) is 0 Å². The standard InChI is InChI=1S/C15H21NO4S/c1-11(2)21(19,20)8-7-16-10-13(15(17)18)9-12-5-3-4-6-14(12)16/h3-6,11,13H,7-10H2,1-2H3,(H,17,18). The molecule has 0 spiro atoms. The maximum atomic E-state index is 12.0. The van der Waals surface area contributed by atoms with Crippen molar-refractivity contribution in [3.05, 3.63) is 29.8 Å². The summed E-state index contributed by atoms with van der Waals surface area (Å²) in [5.41, 5.74) is 1.92. The van der Waals surface area contributed by atoms with Gasteiger partial charge in [0.1, 0.15) is 0 Å². The van der Waals surface area contributed by atoms with Crippen LogP contribution in [0.2, 0.25) is 0 Å². The van der Waals surface area contributed by atoms with Crippen molar-refractivity contribution in [2.75, 3.05) is 23.7 Å². The molecular formula is C15H21NO4S. The molecule has 1 aliphatic heterocycles. The summed E-state index contributed by atoms with van der Waals surface area (Å²) >= 11 is 0. The maximum absolute atomic E-state index is 12.0. The third-order valence-corrected chi connectivity index (χ3v) is 6.14. The molecule has 21 heavy (non-hydrogen) atoms. The van der Waals surface area contributed by atoms with E-state index in [1.165, 1.54) is 0 Å². The number of sulfone groups is 1. The zero-order valence-corrected chi connectivity index (χ0v) is 13.1. The predicted molar refractivity (Wildman–Crippen MR) is 82.4 cm³/mol. The first-order chi connectivity index (χ1) is 9.81. The normalized spacial score (nSPS) is 18.6. The summed E-state index contributed by atoms with van der Waals surface area (Å²) in [6.07, 6.45) is 0.499. The van der Waals surface area contributed by atoms with Gasteiger partial charge in [0.15, 0.2) is 9.84 Å². The second-order valence-corrected chi connectivity index (χ2v) is 8.41. The quantitative estimate of drug-likeness (QED) is 0.893. The number of rotatable bonds is 5. The van der Waals surface area contributed by atoms with Crippen LogP contribution in [-0.2, 0) is 21.1 Å². The van der Waals surface area contributed by atoms with E-state index in [1.807, 2.05) is 29.2 Å². The van der Waals surface area contributed by atoms with E-state index >= 15 is 0 Å². The van der Waals surface area contributed by atoms with Crippen LogP contribution in [0.25, 0.3) is 0 Å². The molecule has 0 aliphatic carbocycles. The SMILES string of the molecule is CC(C)S(=O)(=O)CCN1CC(C(=O)O)Cc2ccccc21. The zero-order chi connectivity index (χ0) is 15.6. The van der Waals surface area contributed by atoms with Crippen molar-refractivity contribution in [2.24, 2.45) is 5.92 Å². The molecule has 0 bridgehead atoms. The number of hydrogen-bond acceptors (Lipinski definition) is 4. The molecule has 0 saturated heterocycles. The lowest BCUT2D eigenvalue weighted by atomic mass is 9.92. The lowest BCUT2D eigenvalue weighted by molar-refractivity contribution is -0.141. The van der Waals surface area contributed by atoms with E-state index < -0.39 is 27.0 Å². The number of fused-ring (bicyclic) bond motifs is 1. The van der Waals surface area contributed by atoms with Crippen molar-refractivity contribution in [3.8, 4) is 0 Å². The molecule has 0 aromatic heterocycles. The smallest absolute Gasteiger partial charge is 0.308 e. The molecule has 2 rings (SSSR count). The van der Waals surface area contributed by atoms with Gasteiger partial charge < -0.3 is 10.0 Å². The largest absolute Gasteiger partial charge is 0.481 e. The van der Waals surface area contributed by atoms with E-state index in [0.717, 1.165) is 11.3 Å². The molecule has 1 aliphatic rings. The summed E-state index contributed by atoms with van der Waals surface area (Å²) in [4.78, 5) is 13.2. The summed E-state index contributed by atoms with van der Waals surface area (Å²) in [5.74, 6) is -1.27. The topological polar surface area (TPSA) is 74.7 Å². The molecule has 0 fully saturated rings. The Labute approximate surface area is 125 Å². The second-order valence-electron chi connectivity index (χ2n) is 5.73. The number of hydrogen-bond donors (Lipinski definition) is 1. The molecule has 1 unspecified atom stereocenters. The van der Waals surface area contributed by atoms with Crippen LogP contribution in [0, 0.1) is 5.92 Å².